The van der Waals surface area contributed by atoms with Gasteiger partial charge in [-0.2, -0.15) is 0 Å². The molecule has 0 spiro atoms. The van der Waals surface area contributed by atoms with Crippen molar-refractivity contribution in [3.63, 3.8) is 0 Å². The number of fused-ring (bicyclic) bond motifs is 5. The van der Waals surface area contributed by atoms with Gasteiger partial charge in [-0.15, -0.1) is 5.92 Å². The minimum Gasteiger partial charge on any atom is -0.393 e. The molecule has 3 heteroatoms. The Bertz CT molecular complexity index is 752. The molecular weight excluding hydrogens is 372 g/mol. The largest absolute Gasteiger partial charge is 0.393 e. The van der Waals surface area contributed by atoms with Crippen LogP contribution in [-0.2, 0) is 0 Å². The highest BCUT2D eigenvalue weighted by atomic mass is 16.3. The molecule has 0 heterocycles. The van der Waals surface area contributed by atoms with Gasteiger partial charge < -0.3 is 15.3 Å². The normalized spacial score (nSPS) is 46.6. The van der Waals surface area contributed by atoms with Gasteiger partial charge in [-0.3, -0.25) is 0 Å². The second-order valence-electron chi connectivity index (χ2n) is 12.0. The monoisotopic (exact) mass is 414 g/mol. The molecule has 3 nitrogen and oxygen atoms in total. The Hall–Kier alpha value is -0.820. The Kier molecular flexibility index (Phi) is 5.70. The molecule has 0 unspecified atom stereocenters. The molecule has 0 aromatic carbocycles. The van der Waals surface area contributed by atoms with Gasteiger partial charge in [-0.1, -0.05) is 38.3 Å². The summed E-state index contributed by atoms with van der Waals surface area (Å²) in [7, 11) is 0. The average molecular weight is 415 g/mol. The first-order chi connectivity index (χ1) is 14.0. The van der Waals surface area contributed by atoms with Crippen LogP contribution in [0.4, 0.5) is 0 Å². The molecule has 3 N–H and O–H groups in total. The number of aliphatic hydroxyl groups is 3. The van der Waals surface area contributed by atoms with Gasteiger partial charge in [0, 0.05) is 18.3 Å². The minimum absolute atomic E-state index is 0.147. The molecule has 0 aromatic heterocycles. The Morgan fingerprint density at radius 3 is 2.60 bits per heavy atom. The smallest absolute Gasteiger partial charge is 0.119 e. The lowest BCUT2D eigenvalue weighted by Gasteiger charge is -2.59. The second kappa shape index (κ2) is 7.65. The van der Waals surface area contributed by atoms with E-state index in [1.54, 1.807) is 13.8 Å². The summed E-state index contributed by atoms with van der Waals surface area (Å²) in [5, 5.41) is 31.2. The van der Waals surface area contributed by atoms with Crippen molar-refractivity contribution in [2.75, 3.05) is 0 Å². The molecule has 0 aromatic rings. The van der Waals surface area contributed by atoms with Crippen molar-refractivity contribution >= 4 is 0 Å². The Balaban J connectivity index is 1.54. The molecule has 9 atom stereocenters. The summed E-state index contributed by atoms with van der Waals surface area (Å²) < 4.78 is 0. The van der Waals surface area contributed by atoms with Crippen LogP contribution in [0.3, 0.4) is 0 Å². The number of hydrogen-bond donors (Lipinski definition) is 3. The summed E-state index contributed by atoms with van der Waals surface area (Å²) in [5.41, 5.74) is 0.627. The lowest BCUT2D eigenvalue weighted by Crippen LogP contribution is -2.55. The molecule has 3 fully saturated rings. The molecule has 4 aliphatic rings. The van der Waals surface area contributed by atoms with Crippen molar-refractivity contribution in [3.05, 3.63) is 11.6 Å². The van der Waals surface area contributed by atoms with E-state index in [0.717, 1.165) is 25.2 Å². The number of aliphatic hydroxyl groups excluding tert-OH is 2. The quantitative estimate of drug-likeness (QED) is 0.453. The molecule has 4 rings (SSSR count). The maximum atomic E-state index is 11.0. The van der Waals surface area contributed by atoms with Crippen LogP contribution in [0.1, 0.15) is 86.0 Å². The van der Waals surface area contributed by atoms with Crippen molar-refractivity contribution in [2.45, 2.75) is 104 Å². The maximum Gasteiger partial charge on any atom is 0.119 e. The van der Waals surface area contributed by atoms with Gasteiger partial charge in [-0.05, 0) is 87.4 Å². The summed E-state index contributed by atoms with van der Waals surface area (Å²) >= 11 is 0. The van der Waals surface area contributed by atoms with Gasteiger partial charge in [0.25, 0.3) is 0 Å². The molecule has 0 bridgehead atoms. The zero-order chi connectivity index (χ0) is 21.9. The number of allylic oxidation sites excluding steroid dienone is 1. The van der Waals surface area contributed by atoms with E-state index < -0.39 is 11.7 Å². The minimum atomic E-state index is -0.907. The van der Waals surface area contributed by atoms with Crippen LogP contribution >= 0.6 is 0 Å². The predicted octanol–water partition coefficient (Wildman–Crippen LogP) is 4.70. The number of hydrogen-bond acceptors (Lipinski definition) is 3. The van der Waals surface area contributed by atoms with Crippen LogP contribution in [0.2, 0.25) is 0 Å². The Morgan fingerprint density at radius 1 is 1.17 bits per heavy atom. The van der Waals surface area contributed by atoms with Gasteiger partial charge >= 0.3 is 0 Å². The van der Waals surface area contributed by atoms with Gasteiger partial charge in [-0.25, -0.2) is 0 Å². The van der Waals surface area contributed by atoms with Crippen molar-refractivity contribution in [2.24, 2.45) is 40.4 Å². The van der Waals surface area contributed by atoms with Crippen molar-refractivity contribution in [1.29, 1.82) is 0 Å². The number of rotatable bonds is 2. The highest BCUT2D eigenvalue weighted by Gasteiger charge is 2.60. The van der Waals surface area contributed by atoms with Gasteiger partial charge in [0.05, 0.1) is 12.2 Å². The molecule has 30 heavy (non-hydrogen) atoms. The topological polar surface area (TPSA) is 60.7 Å². The fourth-order valence-electron chi connectivity index (χ4n) is 8.25. The third kappa shape index (κ3) is 3.58. The summed E-state index contributed by atoms with van der Waals surface area (Å²) in [5.74, 6) is 9.42. The van der Waals surface area contributed by atoms with E-state index in [9.17, 15) is 15.3 Å². The Labute approximate surface area is 183 Å². The van der Waals surface area contributed by atoms with E-state index in [-0.39, 0.29) is 11.5 Å². The first-order valence-corrected chi connectivity index (χ1v) is 12.2. The van der Waals surface area contributed by atoms with Crippen LogP contribution < -0.4 is 0 Å². The van der Waals surface area contributed by atoms with E-state index in [0.29, 0.717) is 35.5 Å². The van der Waals surface area contributed by atoms with E-state index in [1.807, 2.05) is 0 Å². The van der Waals surface area contributed by atoms with Crippen molar-refractivity contribution < 1.29 is 15.3 Å². The molecule has 3 saturated carbocycles. The predicted molar refractivity (Wildman–Crippen MR) is 120 cm³/mol. The standard InChI is InChI=1S/C27H42O3/c1-17(7-6-13-25(2,3)30)21-10-11-22-20-9-8-18-15-19(28)16-24(29)27(18,5)23(20)12-14-26(21,22)4/h8,17,19-24,28-30H,7,9-12,14-16H2,1-5H3/t17-,19-,20+,21-,22+,23+,24+,26-,27+/m1/s1. The fourth-order valence-corrected chi connectivity index (χ4v) is 8.25. The lowest BCUT2D eigenvalue weighted by atomic mass is 9.46. The molecule has 0 amide bonds. The van der Waals surface area contributed by atoms with E-state index in [4.69, 9.17) is 0 Å². The average Bonchev–Trinajstić information content (AvgIpc) is 2.99. The van der Waals surface area contributed by atoms with Crippen molar-refractivity contribution in [3.8, 4) is 11.8 Å². The summed E-state index contributed by atoms with van der Waals surface area (Å²) in [6.45, 7) is 10.7. The lowest BCUT2D eigenvalue weighted by molar-refractivity contribution is -0.107. The summed E-state index contributed by atoms with van der Waals surface area (Å²) in [4.78, 5) is 0. The summed E-state index contributed by atoms with van der Waals surface area (Å²) in [6.07, 6.45) is 9.86. The van der Waals surface area contributed by atoms with E-state index in [2.05, 4.69) is 38.7 Å². The van der Waals surface area contributed by atoms with Crippen LogP contribution in [-0.4, -0.2) is 33.1 Å². The maximum absolute atomic E-state index is 11.0. The molecule has 168 valence electrons. The molecular formula is C27H42O3. The van der Waals surface area contributed by atoms with Gasteiger partial charge in [0.15, 0.2) is 0 Å². The van der Waals surface area contributed by atoms with Gasteiger partial charge in [0.2, 0.25) is 0 Å². The first-order valence-electron chi connectivity index (χ1n) is 12.2. The SMILES string of the molecule is C[C@H](CC#CC(C)(C)O)[C@H]1CC[C@H]2[C@@H]3CC=C4C[C@@H](O)C[C@H](O)[C@]4(C)[C@H]3CC[C@]12C. The van der Waals surface area contributed by atoms with Crippen LogP contribution in [0.15, 0.2) is 11.6 Å². The van der Waals surface area contributed by atoms with Crippen LogP contribution in [0.25, 0.3) is 0 Å². The molecule has 4 aliphatic carbocycles. The van der Waals surface area contributed by atoms with Crippen LogP contribution in [0, 0.1) is 52.3 Å². The fraction of sp³-hybridized carbons (Fsp3) is 0.852. The summed E-state index contributed by atoms with van der Waals surface area (Å²) in [6, 6.07) is 0. The third-order valence-corrected chi connectivity index (χ3v) is 9.76. The van der Waals surface area contributed by atoms with Crippen LogP contribution in [0.5, 0.6) is 0 Å². The molecule has 0 radical (unpaired) electrons. The zero-order valence-electron chi connectivity index (χ0n) is 19.6. The highest BCUT2D eigenvalue weighted by molar-refractivity contribution is 5.27. The third-order valence-electron chi connectivity index (χ3n) is 9.76. The highest BCUT2D eigenvalue weighted by Crippen LogP contribution is 2.67. The Morgan fingerprint density at radius 2 is 1.90 bits per heavy atom. The van der Waals surface area contributed by atoms with Gasteiger partial charge in [0.1, 0.15) is 5.60 Å². The molecule has 0 saturated heterocycles. The van der Waals surface area contributed by atoms with E-state index >= 15 is 0 Å². The second-order valence-corrected chi connectivity index (χ2v) is 12.0. The van der Waals surface area contributed by atoms with E-state index in [1.165, 1.54) is 31.3 Å². The molecule has 0 aliphatic heterocycles. The zero-order valence-corrected chi connectivity index (χ0v) is 19.6. The van der Waals surface area contributed by atoms with Crippen molar-refractivity contribution in [1.82, 2.24) is 0 Å². The first kappa shape index (κ1) is 22.4.